The Kier molecular flexibility index (Phi) is 14.1. The van der Waals surface area contributed by atoms with Crippen LogP contribution in [-0.4, -0.2) is 94.6 Å². The second kappa shape index (κ2) is 17.5. The van der Waals surface area contributed by atoms with E-state index >= 15 is 0 Å². The second-order valence-electron chi connectivity index (χ2n) is 10.0. The number of amides is 4. The minimum Gasteiger partial charge on any atom is -0.481 e. The van der Waals surface area contributed by atoms with Crippen LogP contribution >= 0.6 is 0 Å². The maximum absolute atomic E-state index is 13.2. The summed E-state index contributed by atoms with van der Waals surface area (Å²) in [5, 5.41) is 32.4. The summed E-state index contributed by atoms with van der Waals surface area (Å²) < 4.78 is 0. The van der Waals surface area contributed by atoms with E-state index < -0.39 is 66.2 Å². The van der Waals surface area contributed by atoms with Crippen LogP contribution in [0.25, 0.3) is 10.9 Å². The zero-order valence-electron chi connectivity index (χ0n) is 24.3. The van der Waals surface area contributed by atoms with Gasteiger partial charge in [-0.15, -0.1) is 0 Å². The van der Waals surface area contributed by atoms with Crippen molar-refractivity contribution in [2.75, 3.05) is 19.6 Å². The van der Waals surface area contributed by atoms with Crippen molar-refractivity contribution in [3.05, 3.63) is 36.0 Å². The van der Waals surface area contributed by atoms with E-state index in [1.54, 1.807) is 6.20 Å². The third-order valence-electron chi connectivity index (χ3n) is 6.64. The number of nitrogens with two attached hydrogens (primary N) is 1. The number of H-pyrrole nitrogens is 1. The molecule has 0 fully saturated rings. The van der Waals surface area contributed by atoms with Crippen molar-refractivity contribution in [2.45, 2.75) is 70.1 Å². The molecular weight excluding hydrogens is 562 g/mol. The van der Waals surface area contributed by atoms with Crippen LogP contribution in [0.2, 0.25) is 0 Å². The van der Waals surface area contributed by atoms with Gasteiger partial charge in [-0.2, -0.15) is 0 Å². The predicted molar refractivity (Wildman–Crippen MR) is 157 cm³/mol. The average Bonchev–Trinajstić information content (AvgIpc) is 3.36. The lowest BCUT2D eigenvalue weighted by molar-refractivity contribution is -0.143. The Morgan fingerprint density at radius 2 is 1.56 bits per heavy atom. The van der Waals surface area contributed by atoms with Gasteiger partial charge >= 0.3 is 11.9 Å². The number of carbonyl (C=O) groups is 6. The number of rotatable bonds is 19. The molecular formula is C28H41N7O8. The number of carboxylic acids is 2. The van der Waals surface area contributed by atoms with E-state index in [4.69, 9.17) is 10.8 Å². The lowest BCUT2D eigenvalue weighted by Crippen LogP contribution is -2.54. The summed E-state index contributed by atoms with van der Waals surface area (Å²) in [4.78, 5) is 76.0. The summed E-state index contributed by atoms with van der Waals surface area (Å²) >= 11 is 0. The van der Waals surface area contributed by atoms with Crippen LogP contribution < -0.4 is 32.3 Å². The standard InChI is InChI=1S/C28H41N7O8/c1-3-30-12-10-19(29)25(39)35-23(14-17-15-32-20-7-5-4-6-18(17)20)26(40)31-13-11-22(28(42)43)34-27(41)21(33-16(2)36)8-9-24(37)38/h4-7,15,19,21-23,30,32H,3,8-14,29H2,1-2H3,(H,31,40)(H,33,36)(H,34,41)(H,35,39)(H,37,38)(H,42,43)/t19-,21+,22+,23+/m0/s1. The number of benzene rings is 1. The first-order valence-electron chi connectivity index (χ1n) is 14.0. The fraction of sp³-hybridized carbons (Fsp3) is 0.500. The number of carboxylic acid groups (broad SMARTS) is 2. The molecule has 1 aromatic heterocycles. The number of hydrogen-bond acceptors (Lipinski definition) is 8. The largest absolute Gasteiger partial charge is 0.481 e. The zero-order valence-corrected chi connectivity index (χ0v) is 24.3. The maximum Gasteiger partial charge on any atom is 0.326 e. The van der Waals surface area contributed by atoms with Crippen molar-refractivity contribution in [2.24, 2.45) is 5.73 Å². The topological polar surface area (TPSA) is 245 Å². The number of aromatic amines is 1. The van der Waals surface area contributed by atoms with Crippen LogP contribution in [0, 0.1) is 0 Å². The normalized spacial score (nSPS) is 13.7. The highest BCUT2D eigenvalue weighted by Gasteiger charge is 2.28. The highest BCUT2D eigenvalue weighted by molar-refractivity contribution is 5.92. The maximum atomic E-state index is 13.2. The van der Waals surface area contributed by atoms with Crippen LogP contribution in [0.5, 0.6) is 0 Å². The Hall–Kier alpha value is -4.50. The molecule has 0 aliphatic heterocycles. The number of aromatic nitrogens is 1. The molecule has 0 unspecified atom stereocenters. The molecule has 0 aliphatic rings. The summed E-state index contributed by atoms with van der Waals surface area (Å²) in [6, 6.07) is 2.87. The summed E-state index contributed by atoms with van der Waals surface area (Å²) in [7, 11) is 0. The Balaban J connectivity index is 2.09. The van der Waals surface area contributed by atoms with E-state index in [-0.39, 0.29) is 25.8 Å². The van der Waals surface area contributed by atoms with E-state index in [0.717, 1.165) is 23.4 Å². The lowest BCUT2D eigenvalue weighted by Gasteiger charge is -2.22. The molecule has 4 amide bonds. The fourth-order valence-electron chi connectivity index (χ4n) is 4.35. The van der Waals surface area contributed by atoms with Crippen LogP contribution in [0.15, 0.2) is 30.5 Å². The molecule has 0 aliphatic carbocycles. The highest BCUT2D eigenvalue weighted by atomic mass is 16.4. The summed E-state index contributed by atoms with van der Waals surface area (Å²) in [6.45, 7) is 4.13. The number of hydrogen-bond donors (Lipinski definition) is 9. The van der Waals surface area contributed by atoms with Gasteiger partial charge in [0.25, 0.3) is 0 Å². The van der Waals surface area contributed by atoms with Gasteiger partial charge in [0.15, 0.2) is 0 Å². The minimum atomic E-state index is -1.45. The second-order valence-corrected chi connectivity index (χ2v) is 10.0. The molecule has 15 heteroatoms. The van der Waals surface area contributed by atoms with Gasteiger partial charge < -0.3 is 47.5 Å². The van der Waals surface area contributed by atoms with E-state index in [0.29, 0.717) is 19.5 Å². The van der Waals surface area contributed by atoms with Crippen LogP contribution in [-0.2, 0) is 35.2 Å². The highest BCUT2D eigenvalue weighted by Crippen LogP contribution is 2.19. The minimum absolute atomic E-state index is 0.128. The van der Waals surface area contributed by atoms with E-state index in [2.05, 4.69) is 31.6 Å². The van der Waals surface area contributed by atoms with Gasteiger partial charge in [-0.25, -0.2) is 4.79 Å². The molecule has 0 spiro atoms. The molecule has 43 heavy (non-hydrogen) atoms. The molecule has 1 heterocycles. The molecule has 2 rings (SSSR count). The van der Waals surface area contributed by atoms with Crippen LogP contribution in [0.3, 0.4) is 0 Å². The van der Waals surface area contributed by atoms with Gasteiger partial charge in [0, 0.05) is 43.4 Å². The lowest BCUT2D eigenvalue weighted by atomic mass is 10.0. The van der Waals surface area contributed by atoms with Gasteiger partial charge in [-0.3, -0.25) is 24.0 Å². The van der Waals surface area contributed by atoms with E-state index in [1.807, 2.05) is 31.2 Å². The quantitative estimate of drug-likeness (QED) is 0.0883. The molecule has 10 N–H and O–H groups in total. The summed E-state index contributed by atoms with van der Waals surface area (Å²) in [5.74, 6) is -5.13. The molecule has 4 atom stereocenters. The third kappa shape index (κ3) is 11.7. The SMILES string of the molecule is CCNCC[C@H](N)C(=O)N[C@H](Cc1c[nH]c2ccccc12)C(=O)NCC[C@@H](NC(=O)[C@@H](CCC(=O)O)NC(C)=O)C(=O)O. The molecule has 0 saturated heterocycles. The number of fused-ring (bicyclic) bond motifs is 1. The first kappa shape index (κ1) is 34.7. The molecule has 0 bridgehead atoms. The van der Waals surface area contributed by atoms with Crippen LogP contribution in [0.4, 0.5) is 0 Å². The number of para-hydroxylation sites is 1. The molecule has 236 valence electrons. The van der Waals surface area contributed by atoms with Crippen molar-refractivity contribution >= 4 is 46.5 Å². The molecule has 15 nitrogen and oxygen atoms in total. The van der Waals surface area contributed by atoms with Gasteiger partial charge in [0.2, 0.25) is 23.6 Å². The molecule has 1 aromatic carbocycles. The number of carbonyl (C=O) groups excluding carboxylic acids is 4. The Morgan fingerprint density at radius 1 is 0.860 bits per heavy atom. The van der Waals surface area contributed by atoms with Gasteiger partial charge in [-0.05, 0) is 44.0 Å². The first-order valence-corrected chi connectivity index (χ1v) is 14.0. The van der Waals surface area contributed by atoms with E-state index in [1.165, 1.54) is 0 Å². The van der Waals surface area contributed by atoms with Crippen molar-refractivity contribution in [1.29, 1.82) is 0 Å². The molecule has 0 radical (unpaired) electrons. The van der Waals surface area contributed by atoms with Crippen molar-refractivity contribution in [1.82, 2.24) is 31.6 Å². The summed E-state index contributed by atoms with van der Waals surface area (Å²) in [5.41, 5.74) is 7.66. The predicted octanol–water partition coefficient (Wildman–Crippen LogP) is -1.03. The van der Waals surface area contributed by atoms with Crippen LogP contribution in [0.1, 0.15) is 45.1 Å². The molecule has 2 aromatic rings. The van der Waals surface area contributed by atoms with Gasteiger partial charge in [0.1, 0.15) is 18.1 Å². The van der Waals surface area contributed by atoms with Crippen molar-refractivity contribution < 1.29 is 39.0 Å². The number of nitrogens with one attached hydrogen (secondary N) is 6. The van der Waals surface area contributed by atoms with E-state index in [9.17, 15) is 33.9 Å². The third-order valence-corrected chi connectivity index (χ3v) is 6.64. The van der Waals surface area contributed by atoms with Crippen molar-refractivity contribution in [3.63, 3.8) is 0 Å². The Bertz CT molecular complexity index is 1280. The fourth-order valence-corrected chi connectivity index (χ4v) is 4.35. The van der Waals surface area contributed by atoms with Gasteiger partial charge in [0.05, 0.1) is 6.04 Å². The smallest absolute Gasteiger partial charge is 0.326 e. The monoisotopic (exact) mass is 603 g/mol. The Labute approximate surface area is 248 Å². The number of aliphatic carboxylic acids is 2. The van der Waals surface area contributed by atoms with Crippen molar-refractivity contribution in [3.8, 4) is 0 Å². The average molecular weight is 604 g/mol. The van der Waals surface area contributed by atoms with Gasteiger partial charge in [-0.1, -0.05) is 25.1 Å². The molecule has 0 saturated carbocycles. The summed E-state index contributed by atoms with van der Waals surface area (Å²) in [6.07, 6.45) is 1.34. The first-order chi connectivity index (χ1) is 20.4. The zero-order chi connectivity index (χ0) is 31.9. The Morgan fingerprint density at radius 3 is 2.21 bits per heavy atom.